The minimum absolute atomic E-state index is 0.0494. The van der Waals surface area contributed by atoms with Gasteiger partial charge in [-0.05, 0) is 54.1 Å². The minimum Gasteiger partial charge on any atom is -0.393 e. The predicted molar refractivity (Wildman–Crippen MR) is 64.0 cm³/mol. The van der Waals surface area contributed by atoms with Gasteiger partial charge in [-0.15, -0.1) is 0 Å². The molecule has 1 heterocycles. The van der Waals surface area contributed by atoms with Crippen LogP contribution in [-0.4, -0.2) is 17.8 Å². The van der Waals surface area contributed by atoms with E-state index in [9.17, 15) is 5.11 Å². The summed E-state index contributed by atoms with van der Waals surface area (Å²) in [6, 6.07) is 2.16. The molecular weight excluding hydrogens is 206 g/mol. The summed E-state index contributed by atoms with van der Waals surface area (Å²) in [5.41, 5.74) is 1.37. The summed E-state index contributed by atoms with van der Waals surface area (Å²) in [4.78, 5) is 0. The highest BCUT2D eigenvalue weighted by atomic mass is 32.1. The van der Waals surface area contributed by atoms with E-state index >= 15 is 0 Å². The number of rotatable bonds is 4. The Labute approximate surface area is 95.3 Å². The molecule has 0 radical (unpaired) electrons. The van der Waals surface area contributed by atoms with Crippen molar-refractivity contribution in [3.8, 4) is 0 Å². The van der Waals surface area contributed by atoms with Crippen LogP contribution in [0.5, 0.6) is 0 Å². The van der Waals surface area contributed by atoms with E-state index in [0.29, 0.717) is 5.92 Å². The smallest absolute Gasteiger partial charge is 0.0543 e. The van der Waals surface area contributed by atoms with E-state index < -0.39 is 0 Å². The molecule has 2 N–H and O–H groups in total. The number of hydrogen-bond acceptors (Lipinski definition) is 3. The second-order valence-corrected chi connectivity index (χ2v) is 5.23. The Morgan fingerprint density at radius 3 is 3.13 bits per heavy atom. The topological polar surface area (TPSA) is 32.3 Å². The summed E-state index contributed by atoms with van der Waals surface area (Å²) in [5, 5.41) is 17.3. The Hall–Kier alpha value is -0.380. The van der Waals surface area contributed by atoms with Crippen molar-refractivity contribution < 1.29 is 5.11 Å². The monoisotopic (exact) mass is 225 g/mol. The molecule has 0 amide bonds. The van der Waals surface area contributed by atoms with Crippen molar-refractivity contribution in [1.29, 1.82) is 0 Å². The van der Waals surface area contributed by atoms with E-state index in [2.05, 4.69) is 22.1 Å². The second-order valence-electron chi connectivity index (χ2n) is 4.45. The van der Waals surface area contributed by atoms with E-state index in [1.807, 2.05) is 0 Å². The summed E-state index contributed by atoms with van der Waals surface area (Å²) in [6.07, 6.45) is 4.39. The highest BCUT2D eigenvalue weighted by Gasteiger charge is 2.19. The molecule has 15 heavy (non-hydrogen) atoms. The predicted octanol–water partition coefficient (Wildman–Crippen LogP) is 2.39. The van der Waals surface area contributed by atoms with Crippen LogP contribution in [0, 0.1) is 5.92 Å². The minimum atomic E-state index is -0.0494. The molecule has 2 unspecified atom stereocenters. The van der Waals surface area contributed by atoms with Gasteiger partial charge in [0.15, 0.2) is 0 Å². The zero-order chi connectivity index (χ0) is 10.5. The van der Waals surface area contributed by atoms with Crippen LogP contribution in [0.2, 0.25) is 0 Å². The Morgan fingerprint density at radius 2 is 2.40 bits per heavy atom. The SMILES string of the molecule is OC1CCCC(CNCc2ccsc2)C1. The molecular formula is C12H19NOS. The van der Waals surface area contributed by atoms with Gasteiger partial charge in [-0.25, -0.2) is 0 Å². The average molecular weight is 225 g/mol. The van der Waals surface area contributed by atoms with Crippen LogP contribution in [0.25, 0.3) is 0 Å². The maximum absolute atomic E-state index is 9.54. The number of nitrogens with one attached hydrogen (secondary N) is 1. The van der Waals surface area contributed by atoms with Gasteiger partial charge in [0.2, 0.25) is 0 Å². The molecule has 1 fully saturated rings. The molecule has 3 heteroatoms. The maximum atomic E-state index is 9.54. The van der Waals surface area contributed by atoms with Crippen molar-refractivity contribution in [2.75, 3.05) is 6.54 Å². The highest BCUT2D eigenvalue weighted by molar-refractivity contribution is 7.07. The molecule has 2 rings (SSSR count). The van der Waals surface area contributed by atoms with Crippen molar-refractivity contribution in [3.05, 3.63) is 22.4 Å². The van der Waals surface area contributed by atoms with Crippen LogP contribution in [-0.2, 0) is 6.54 Å². The second kappa shape index (κ2) is 5.64. The largest absolute Gasteiger partial charge is 0.393 e. The summed E-state index contributed by atoms with van der Waals surface area (Å²) >= 11 is 1.75. The van der Waals surface area contributed by atoms with Crippen molar-refractivity contribution in [3.63, 3.8) is 0 Å². The van der Waals surface area contributed by atoms with Crippen molar-refractivity contribution in [1.82, 2.24) is 5.32 Å². The van der Waals surface area contributed by atoms with Crippen molar-refractivity contribution >= 4 is 11.3 Å². The zero-order valence-electron chi connectivity index (χ0n) is 8.98. The molecule has 2 nitrogen and oxygen atoms in total. The van der Waals surface area contributed by atoms with Gasteiger partial charge in [0.1, 0.15) is 0 Å². The number of thiophene rings is 1. The normalized spacial score (nSPS) is 26.7. The lowest BCUT2D eigenvalue weighted by atomic mass is 9.87. The summed E-state index contributed by atoms with van der Waals surface area (Å²) in [7, 11) is 0. The molecule has 1 aliphatic carbocycles. The van der Waals surface area contributed by atoms with E-state index in [4.69, 9.17) is 0 Å². The average Bonchev–Trinajstić information content (AvgIpc) is 2.71. The van der Waals surface area contributed by atoms with E-state index in [1.165, 1.54) is 18.4 Å². The van der Waals surface area contributed by atoms with Crippen LogP contribution in [0.4, 0.5) is 0 Å². The first-order valence-corrected chi connectivity index (χ1v) is 6.68. The van der Waals surface area contributed by atoms with Gasteiger partial charge in [-0.3, -0.25) is 0 Å². The molecule has 0 spiro atoms. The van der Waals surface area contributed by atoms with Crippen LogP contribution < -0.4 is 5.32 Å². The molecule has 0 saturated heterocycles. The lowest BCUT2D eigenvalue weighted by molar-refractivity contribution is 0.101. The quantitative estimate of drug-likeness (QED) is 0.824. The van der Waals surface area contributed by atoms with Gasteiger partial charge < -0.3 is 10.4 Å². The van der Waals surface area contributed by atoms with Crippen LogP contribution in [0.15, 0.2) is 16.8 Å². The van der Waals surface area contributed by atoms with E-state index in [1.54, 1.807) is 11.3 Å². The summed E-state index contributed by atoms with van der Waals surface area (Å²) in [5.74, 6) is 0.674. The number of hydrogen-bond donors (Lipinski definition) is 2. The third-order valence-corrected chi connectivity index (χ3v) is 3.83. The molecule has 0 aromatic carbocycles. The molecule has 1 saturated carbocycles. The molecule has 2 atom stereocenters. The Bertz CT molecular complexity index is 273. The van der Waals surface area contributed by atoms with Gasteiger partial charge in [0.05, 0.1) is 6.10 Å². The van der Waals surface area contributed by atoms with E-state index in [-0.39, 0.29) is 6.10 Å². The van der Waals surface area contributed by atoms with Crippen LogP contribution in [0.1, 0.15) is 31.2 Å². The highest BCUT2D eigenvalue weighted by Crippen LogP contribution is 2.23. The Balaban J connectivity index is 1.65. The standard InChI is InChI=1S/C12H19NOS/c14-12-3-1-2-10(6-12)7-13-8-11-4-5-15-9-11/h4-5,9-10,12-14H,1-3,6-8H2. The fourth-order valence-electron chi connectivity index (χ4n) is 2.26. The Morgan fingerprint density at radius 1 is 1.47 bits per heavy atom. The molecule has 0 bridgehead atoms. The van der Waals surface area contributed by atoms with Gasteiger partial charge in [-0.2, -0.15) is 11.3 Å². The van der Waals surface area contributed by atoms with Gasteiger partial charge in [0, 0.05) is 6.54 Å². The molecule has 1 aliphatic rings. The van der Waals surface area contributed by atoms with Crippen LogP contribution in [0.3, 0.4) is 0 Å². The first-order valence-electron chi connectivity index (χ1n) is 5.74. The summed E-state index contributed by atoms with van der Waals surface area (Å²) < 4.78 is 0. The molecule has 0 aliphatic heterocycles. The third kappa shape index (κ3) is 3.59. The fraction of sp³-hybridized carbons (Fsp3) is 0.667. The molecule has 84 valence electrons. The van der Waals surface area contributed by atoms with Gasteiger partial charge in [0.25, 0.3) is 0 Å². The lowest BCUT2D eigenvalue weighted by Crippen LogP contribution is -2.28. The molecule has 1 aromatic heterocycles. The Kier molecular flexibility index (Phi) is 4.18. The van der Waals surface area contributed by atoms with Gasteiger partial charge >= 0.3 is 0 Å². The van der Waals surface area contributed by atoms with Crippen LogP contribution >= 0.6 is 11.3 Å². The molecule has 1 aromatic rings. The lowest BCUT2D eigenvalue weighted by Gasteiger charge is -2.25. The fourth-order valence-corrected chi connectivity index (χ4v) is 2.93. The van der Waals surface area contributed by atoms with Crippen molar-refractivity contribution in [2.45, 2.75) is 38.3 Å². The number of aliphatic hydroxyl groups is 1. The van der Waals surface area contributed by atoms with Gasteiger partial charge in [-0.1, -0.05) is 6.42 Å². The van der Waals surface area contributed by atoms with E-state index in [0.717, 1.165) is 25.9 Å². The first-order chi connectivity index (χ1) is 7.34. The third-order valence-electron chi connectivity index (χ3n) is 3.10. The zero-order valence-corrected chi connectivity index (χ0v) is 9.80. The number of aliphatic hydroxyl groups excluding tert-OH is 1. The summed E-state index contributed by atoms with van der Waals surface area (Å²) in [6.45, 7) is 2.02. The van der Waals surface area contributed by atoms with Crippen molar-refractivity contribution in [2.24, 2.45) is 5.92 Å². The first kappa shape index (κ1) is 11.1. The maximum Gasteiger partial charge on any atom is 0.0543 e.